The molecule has 3 N–H and O–H groups in total. The number of aromatic nitrogens is 1. The largest absolute Gasteiger partial charge is 0.480 e. The minimum atomic E-state index is -0.824. The molecule has 3 rings (SSSR count). The van der Waals surface area contributed by atoms with Crippen LogP contribution in [0, 0.1) is 0 Å². The molecule has 1 aliphatic rings. The molecule has 0 aliphatic heterocycles. The van der Waals surface area contributed by atoms with Crippen LogP contribution in [0.15, 0.2) is 22.6 Å². The van der Waals surface area contributed by atoms with Crippen LogP contribution >= 0.6 is 0 Å². The monoisotopic (exact) mass is 360 g/mol. The van der Waals surface area contributed by atoms with Crippen molar-refractivity contribution in [2.75, 3.05) is 18.4 Å². The Morgan fingerprint density at radius 1 is 1.35 bits per heavy atom. The van der Waals surface area contributed by atoms with E-state index >= 15 is 0 Å². The first-order valence-electron chi connectivity index (χ1n) is 8.91. The van der Waals surface area contributed by atoms with E-state index in [9.17, 15) is 9.59 Å². The molecule has 1 fully saturated rings. The highest BCUT2D eigenvalue weighted by Crippen LogP contribution is 2.26. The predicted molar refractivity (Wildman–Crippen MR) is 97.2 cm³/mol. The molecule has 0 radical (unpaired) electrons. The first kappa shape index (κ1) is 18.2. The Bertz CT molecular complexity index is 798. The van der Waals surface area contributed by atoms with E-state index in [0.29, 0.717) is 23.7 Å². The van der Waals surface area contributed by atoms with Crippen LogP contribution in [0.5, 0.6) is 0 Å². The van der Waals surface area contributed by atoms with Crippen LogP contribution < -0.4 is 10.6 Å². The van der Waals surface area contributed by atoms with Crippen molar-refractivity contribution >= 4 is 28.8 Å². The number of amides is 2. The van der Waals surface area contributed by atoms with Crippen molar-refractivity contribution in [1.82, 2.24) is 15.2 Å². The number of fused-ring (bicyclic) bond motifs is 1. The number of aryl methyl sites for hydroxylation is 1. The minimum absolute atomic E-state index is 0.0392. The topological polar surface area (TPSA) is 108 Å². The first-order valence-corrected chi connectivity index (χ1v) is 8.91. The fourth-order valence-corrected chi connectivity index (χ4v) is 3.23. The van der Waals surface area contributed by atoms with Gasteiger partial charge in [-0.2, -0.15) is 0 Å². The van der Waals surface area contributed by atoms with E-state index in [1.54, 1.807) is 18.2 Å². The Morgan fingerprint density at radius 2 is 2.12 bits per heavy atom. The summed E-state index contributed by atoms with van der Waals surface area (Å²) in [6.45, 7) is 4.64. The SMILES string of the molecule is CCc1nc2cc(NC(=O)NC3CC(N(CC)CC(=O)O)C3)ccc2o1. The minimum Gasteiger partial charge on any atom is -0.480 e. The lowest BCUT2D eigenvalue weighted by Crippen LogP contribution is -2.55. The molecule has 0 bridgehead atoms. The number of nitrogens with zero attached hydrogens (tertiary/aromatic N) is 2. The van der Waals surface area contributed by atoms with Crippen molar-refractivity contribution in [3.05, 3.63) is 24.1 Å². The van der Waals surface area contributed by atoms with Gasteiger partial charge in [-0.15, -0.1) is 0 Å². The highest BCUT2D eigenvalue weighted by atomic mass is 16.4. The van der Waals surface area contributed by atoms with Gasteiger partial charge < -0.3 is 20.2 Å². The third-order valence-electron chi connectivity index (χ3n) is 4.70. The molecular formula is C18H24N4O4. The van der Waals surface area contributed by atoms with Crippen molar-refractivity contribution in [3.63, 3.8) is 0 Å². The van der Waals surface area contributed by atoms with Gasteiger partial charge in [-0.05, 0) is 37.6 Å². The van der Waals surface area contributed by atoms with Crippen molar-refractivity contribution in [3.8, 4) is 0 Å². The second-order valence-corrected chi connectivity index (χ2v) is 6.52. The molecule has 8 heteroatoms. The molecular weight excluding hydrogens is 336 g/mol. The number of carbonyl (C=O) groups is 2. The summed E-state index contributed by atoms with van der Waals surface area (Å²) in [4.78, 5) is 29.3. The first-order chi connectivity index (χ1) is 12.5. The summed E-state index contributed by atoms with van der Waals surface area (Å²) in [6.07, 6.45) is 2.24. The number of urea groups is 1. The molecule has 8 nitrogen and oxygen atoms in total. The van der Waals surface area contributed by atoms with Crippen LogP contribution in [-0.2, 0) is 11.2 Å². The van der Waals surface area contributed by atoms with Crippen LogP contribution in [0.2, 0.25) is 0 Å². The molecule has 1 saturated carbocycles. The van der Waals surface area contributed by atoms with Gasteiger partial charge in [0.25, 0.3) is 0 Å². The van der Waals surface area contributed by atoms with Gasteiger partial charge in [-0.25, -0.2) is 9.78 Å². The van der Waals surface area contributed by atoms with Gasteiger partial charge in [0, 0.05) is 24.2 Å². The maximum Gasteiger partial charge on any atom is 0.319 e. The van der Waals surface area contributed by atoms with Crippen molar-refractivity contribution in [2.45, 2.75) is 45.2 Å². The Hall–Kier alpha value is -2.61. The molecule has 1 aromatic carbocycles. The standard InChI is InChI=1S/C18H24N4O4/c1-3-16-21-14-9-11(5-6-15(14)26-16)19-18(25)20-12-7-13(8-12)22(4-2)10-17(23)24/h5-6,9,12-13H,3-4,7-8,10H2,1-2H3,(H,23,24)(H2,19,20,25). The number of hydrogen-bond donors (Lipinski definition) is 3. The van der Waals surface area contributed by atoms with Crippen molar-refractivity contribution < 1.29 is 19.1 Å². The molecule has 1 heterocycles. The summed E-state index contributed by atoms with van der Waals surface area (Å²) in [5, 5.41) is 14.7. The van der Waals surface area contributed by atoms with E-state index in [4.69, 9.17) is 9.52 Å². The molecule has 0 atom stereocenters. The summed E-state index contributed by atoms with van der Waals surface area (Å²) in [5.41, 5.74) is 2.08. The van der Waals surface area contributed by atoms with Crippen molar-refractivity contribution in [1.29, 1.82) is 0 Å². The number of aliphatic carboxylic acids is 1. The summed E-state index contributed by atoms with van der Waals surface area (Å²) in [6, 6.07) is 5.36. The van der Waals surface area contributed by atoms with E-state index in [2.05, 4.69) is 15.6 Å². The Morgan fingerprint density at radius 3 is 2.77 bits per heavy atom. The van der Waals surface area contributed by atoms with Gasteiger partial charge in [-0.1, -0.05) is 13.8 Å². The number of carboxylic acid groups (broad SMARTS) is 1. The quantitative estimate of drug-likeness (QED) is 0.700. The third kappa shape index (κ3) is 4.13. The number of rotatable bonds is 7. The molecule has 0 saturated heterocycles. The number of anilines is 1. The number of benzene rings is 1. The van der Waals surface area contributed by atoms with Gasteiger partial charge in [0.2, 0.25) is 0 Å². The van der Waals surface area contributed by atoms with E-state index in [1.807, 2.05) is 18.7 Å². The number of carbonyl (C=O) groups excluding carboxylic acids is 1. The lowest BCUT2D eigenvalue weighted by atomic mass is 9.85. The molecule has 0 unspecified atom stereocenters. The maximum atomic E-state index is 12.2. The number of carboxylic acids is 1. The van der Waals surface area contributed by atoms with E-state index < -0.39 is 5.97 Å². The van der Waals surface area contributed by atoms with Crippen LogP contribution in [0.3, 0.4) is 0 Å². The lowest BCUT2D eigenvalue weighted by Gasteiger charge is -2.42. The summed E-state index contributed by atoms with van der Waals surface area (Å²) < 4.78 is 5.55. The van der Waals surface area contributed by atoms with Crippen LogP contribution in [0.1, 0.15) is 32.6 Å². The highest BCUT2D eigenvalue weighted by molar-refractivity contribution is 5.91. The molecule has 2 aromatic rings. The molecule has 2 amide bonds. The third-order valence-corrected chi connectivity index (χ3v) is 4.70. The molecule has 0 spiro atoms. The fraction of sp³-hybridized carbons (Fsp3) is 0.500. The zero-order chi connectivity index (χ0) is 18.7. The molecule has 140 valence electrons. The zero-order valence-electron chi connectivity index (χ0n) is 15.0. The van der Waals surface area contributed by atoms with E-state index in [1.165, 1.54) is 0 Å². The van der Waals surface area contributed by atoms with Gasteiger partial charge in [-0.3, -0.25) is 9.69 Å². The van der Waals surface area contributed by atoms with Crippen LogP contribution in [0.4, 0.5) is 10.5 Å². The summed E-state index contributed by atoms with van der Waals surface area (Å²) >= 11 is 0. The van der Waals surface area contributed by atoms with Gasteiger partial charge in [0.05, 0.1) is 6.54 Å². The second kappa shape index (κ2) is 7.74. The second-order valence-electron chi connectivity index (χ2n) is 6.52. The molecule has 1 aromatic heterocycles. The average molecular weight is 360 g/mol. The summed E-state index contributed by atoms with van der Waals surface area (Å²) in [5.74, 6) is -0.153. The molecule has 26 heavy (non-hydrogen) atoms. The normalized spacial score (nSPS) is 19.3. The fourth-order valence-electron chi connectivity index (χ4n) is 3.23. The highest BCUT2D eigenvalue weighted by Gasteiger charge is 2.34. The number of likely N-dealkylation sites (N-methyl/N-ethyl adjacent to an activating group) is 1. The Labute approximate surface area is 151 Å². The Balaban J connectivity index is 1.50. The average Bonchev–Trinajstić information content (AvgIpc) is 2.98. The number of hydrogen-bond acceptors (Lipinski definition) is 5. The smallest absolute Gasteiger partial charge is 0.319 e. The van der Waals surface area contributed by atoms with Crippen LogP contribution in [0.25, 0.3) is 11.1 Å². The van der Waals surface area contributed by atoms with Gasteiger partial charge in [0.1, 0.15) is 5.52 Å². The van der Waals surface area contributed by atoms with Crippen LogP contribution in [-0.4, -0.2) is 52.2 Å². The van der Waals surface area contributed by atoms with Crippen molar-refractivity contribution in [2.24, 2.45) is 0 Å². The molecule has 1 aliphatic carbocycles. The lowest BCUT2D eigenvalue weighted by molar-refractivity contribution is -0.139. The number of oxazole rings is 1. The van der Waals surface area contributed by atoms with Gasteiger partial charge in [0.15, 0.2) is 11.5 Å². The predicted octanol–water partition coefficient (Wildman–Crippen LogP) is 2.45. The van der Waals surface area contributed by atoms with E-state index in [0.717, 1.165) is 24.8 Å². The van der Waals surface area contributed by atoms with E-state index in [-0.39, 0.29) is 24.7 Å². The summed E-state index contributed by atoms with van der Waals surface area (Å²) in [7, 11) is 0. The Kier molecular flexibility index (Phi) is 5.41. The maximum absolute atomic E-state index is 12.2. The number of nitrogens with one attached hydrogen (secondary N) is 2. The zero-order valence-corrected chi connectivity index (χ0v) is 15.0. The van der Waals surface area contributed by atoms with Gasteiger partial charge >= 0.3 is 12.0 Å².